The number of nitrogens with zero attached hydrogens (tertiary/aromatic N) is 1. The number of anilines is 1. The molecule has 1 unspecified atom stereocenters. The van der Waals surface area contributed by atoms with Crippen molar-refractivity contribution in [2.24, 2.45) is 5.41 Å². The van der Waals surface area contributed by atoms with Crippen LogP contribution in [0.5, 0.6) is 0 Å². The highest BCUT2D eigenvalue weighted by atomic mass is 32.2. The molecule has 0 radical (unpaired) electrons. The molecule has 6 nitrogen and oxygen atoms in total. The molecule has 3 rings (SSSR count). The molecule has 1 aromatic carbocycles. The van der Waals surface area contributed by atoms with Gasteiger partial charge in [0.05, 0.1) is 11.5 Å². The molecule has 1 atom stereocenters. The van der Waals surface area contributed by atoms with E-state index in [9.17, 15) is 26.8 Å². The minimum atomic E-state index is -3.16. The van der Waals surface area contributed by atoms with Gasteiger partial charge in [0.1, 0.15) is 5.41 Å². The van der Waals surface area contributed by atoms with Crippen LogP contribution in [0.4, 0.5) is 14.5 Å². The van der Waals surface area contributed by atoms with Crippen molar-refractivity contribution in [1.29, 1.82) is 0 Å². The Morgan fingerprint density at radius 2 is 1.96 bits per heavy atom. The summed E-state index contributed by atoms with van der Waals surface area (Å²) in [7, 11) is -3.16. The summed E-state index contributed by atoms with van der Waals surface area (Å²) in [5.74, 6) is -3.15. The van der Waals surface area contributed by atoms with Crippen LogP contribution in [0.3, 0.4) is 0 Å². The third-order valence-electron chi connectivity index (χ3n) is 5.02. The van der Waals surface area contributed by atoms with Crippen LogP contribution < -0.4 is 5.32 Å². The van der Waals surface area contributed by atoms with E-state index in [2.05, 4.69) is 5.32 Å². The third-order valence-corrected chi connectivity index (χ3v) is 6.77. The lowest BCUT2D eigenvalue weighted by Crippen LogP contribution is -2.48. The highest BCUT2D eigenvalue weighted by molar-refractivity contribution is 7.91. The Kier molecular flexibility index (Phi) is 4.76. The average Bonchev–Trinajstić information content (AvgIpc) is 3.31. The zero-order chi connectivity index (χ0) is 19.1. The fourth-order valence-corrected chi connectivity index (χ4v) is 5.08. The second-order valence-electron chi connectivity index (χ2n) is 6.81. The molecule has 1 aliphatic heterocycles. The first kappa shape index (κ1) is 18.8. The van der Waals surface area contributed by atoms with Crippen molar-refractivity contribution in [3.63, 3.8) is 0 Å². The SMILES string of the molecule is CCN(C(=O)C1(C(=O)Nc2ccc(F)c(F)c2)CC1)C1CCS(=O)(=O)C1. The number of amides is 2. The Hall–Kier alpha value is -2.03. The first-order valence-electron chi connectivity index (χ1n) is 8.46. The summed E-state index contributed by atoms with van der Waals surface area (Å²) in [6.07, 6.45) is 1.05. The van der Waals surface area contributed by atoms with Crippen molar-refractivity contribution in [2.75, 3.05) is 23.4 Å². The number of halogens is 2. The van der Waals surface area contributed by atoms with E-state index >= 15 is 0 Å². The van der Waals surface area contributed by atoms with Gasteiger partial charge in [0.2, 0.25) is 11.8 Å². The minimum Gasteiger partial charge on any atom is -0.338 e. The molecule has 1 aliphatic carbocycles. The normalized spacial score (nSPS) is 22.7. The Bertz CT molecular complexity index is 852. The van der Waals surface area contributed by atoms with Crippen LogP contribution in [-0.4, -0.2) is 49.2 Å². The van der Waals surface area contributed by atoms with E-state index in [1.165, 1.54) is 11.0 Å². The zero-order valence-electron chi connectivity index (χ0n) is 14.3. The van der Waals surface area contributed by atoms with Gasteiger partial charge >= 0.3 is 0 Å². The zero-order valence-corrected chi connectivity index (χ0v) is 15.1. The number of carbonyl (C=O) groups is 2. The molecule has 2 fully saturated rings. The fraction of sp³-hybridized carbons (Fsp3) is 0.529. The second-order valence-corrected chi connectivity index (χ2v) is 9.04. The molecule has 1 saturated heterocycles. The number of carbonyl (C=O) groups excluding carboxylic acids is 2. The van der Waals surface area contributed by atoms with E-state index < -0.39 is 44.7 Å². The lowest BCUT2D eigenvalue weighted by atomic mass is 10.0. The molecule has 26 heavy (non-hydrogen) atoms. The number of nitrogens with one attached hydrogen (secondary N) is 1. The van der Waals surface area contributed by atoms with Crippen LogP contribution in [0.2, 0.25) is 0 Å². The molecular formula is C17H20F2N2O4S. The molecule has 0 bridgehead atoms. The molecule has 9 heteroatoms. The van der Waals surface area contributed by atoms with Gasteiger partial charge in [-0.15, -0.1) is 0 Å². The third kappa shape index (κ3) is 3.44. The van der Waals surface area contributed by atoms with E-state index in [0.717, 1.165) is 12.1 Å². The molecule has 1 heterocycles. The fourth-order valence-electron chi connectivity index (χ4n) is 3.35. The Morgan fingerprint density at radius 1 is 1.27 bits per heavy atom. The first-order chi connectivity index (χ1) is 12.2. The van der Waals surface area contributed by atoms with Crippen LogP contribution in [0.15, 0.2) is 18.2 Å². The predicted octanol–water partition coefficient (Wildman–Crippen LogP) is 1.72. The first-order valence-corrected chi connectivity index (χ1v) is 10.3. The number of hydrogen-bond acceptors (Lipinski definition) is 4. The standard InChI is InChI=1S/C17H20F2N2O4S/c1-2-21(12-5-8-26(24,25)10-12)16(23)17(6-7-17)15(22)20-11-3-4-13(18)14(19)9-11/h3-4,9,12H,2,5-8,10H2,1H3,(H,20,22). The van der Waals surface area contributed by atoms with Gasteiger partial charge in [-0.25, -0.2) is 17.2 Å². The molecule has 1 aromatic rings. The van der Waals surface area contributed by atoms with Crippen LogP contribution >= 0.6 is 0 Å². The van der Waals surface area contributed by atoms with Crippen LogP contribution in [-0.2, 0) is 19.4 Å². The Labute approximate surface area is 150 Å². The van der Waals surface area contributed by atoms with Gasteiger partial charge in [-0.3, -0.25) is 9.59 Å². The molecular weight excluding hydrogens is 366 g/mol. The van der Waals surface area contributed by atoms with Gasteiger partial charge in [0, 0.05) is 24.3 Å². The van der Waals surface area contributed by atoms with Crippen molar-refractivity contribution in [1.82, 2.24) is 4.90 Å². The van der Waals surface area contributed by atoms with Gasteiger partial charge in [-0.2, -0.15) is 0 Å². The quantitative estimate of drug-likeness (QED) is 0.781. The number of benzene rings is 1. The summed E-state index contributed by atoms with van der Waals surface area (Å²) in [4.78, 5) is 27.0. The molecule has 2 amide bonds. The van der Waals surface area contributed by atoms with Crippen molar-refractivity contribution in [3.8, 4) is 0 Å². The topological polar surface area (TPSA) is 83.6 Å². The van der Waals surface area contributed by atoms with Crippen LogP contribution in [0, 0.1) is 17.0 Å². The molecule has 0 aromatic heterocycles. The number of rotatable bonds is 5. The maximum Gasteiger partial charge on any atom is 0.240 e. The molecule has 0 spiro atoms. The highest BCUT2D eigenvalue weighted by Gasteiger charge is 2.59. The predicted molar refractivity (Wildman–Crippen MR) is 91.1 cm³/mol. The molecule has 2 aliphatic rings. The molecule has 142 valence electrons. The average molecular weight is 386 g/mol. The maximum absolute atomic E-state index is 13.3. The summed E-state index contributed by atoms with van der Waals surface area (Å²) < 4.78 is 49.7. The van der Waals surface area contributed by atoms with Crippen molar-refractivity contribution >= 4 is 27.3 Å². The summed E-state index contributed by atoms with van der Waals surface area (Å²) >= 11 is 0. The number of sulfone groups is 1. The Balaban J connectivity index is 1.75. The summed E-state index contributed by atoms with van der Waals surface area (Å²) in [6, 6.07) is 2.55. The summed E-state index contributed by atoms with van der Waals surface area (Å²) in [5.41, 5.74) is -1.19. The second kappa shape index (κ2) is 6.61. The van der Waals surface area contributed by atoms with E-state index in [1.807, 2.05) is 0 Å². The molecule has 1 N–H and O–H groups in total. The monoisotopic (exact) mass is 386 g/mol. The minimum absolute atomic E-state index is 0.0372. The highest BCUT2D eigenvalue weighted by Crippen LogP contribution is 2.48. The summed E-state index contributed by atoms with van der Waals surface area (Å²) in [6.45, 7) is 2.05. The van der Waals surface area contributed by atoms with Gasteiger partial charge in [0.15, 0.2) is 21.5 Å². The van der Waals surface area contributed by atoms with Crippen molar-refractivity contribution < 1.29 is 26.8 Å². The van der Waals surface area contributed by atoms with Gasteiger partial charge < -0.3 is 10.2 Å². The van der Waals surface area contributed by atoms with E-state index in [0.29, 0.717) is 25.8 Å². The van der Waals surface area contributed by atoms with Crippen molar-refractivity contribution in [2.45, 2.75) is 32.2 Å². The van der Waals surface area contributed by atoms with Gasteiger partial charge in [0.25, 0.3) is 0 Å². The lowest BCUT2D eigenvalue weighted by molar-refractivity contribution is -0.143. The number of hydrogen-bond donors (Lipinski definition) is 1. The molecule has 1 saturated carbocycles. The van der Waals surface area contributed by atoms with Gasteiger partial charge in [-0.1, -0.05) is 0 Å². The summed E-state index contributed by atoms with van der Waals surface area (Å²) in [5, 5.41) is 2.47. The van der Waals surface area contributed by atoms with Crippen LogP contribution in [0.1, 0.15) is 26.2 Å². The van der Waals surface area contributed by atoms with E-state index in [-0.39, 0.29) is 17.2 Å². The van der Waals surface area contributed by atoms with E-state index in [1.54, 1.807) is 6.92 Å². The largest absolute Gasteiger partial charge is 0.338 e. The van der Waals surface area contributed by atoms with E-state index in [4.69, 9.17) is 0 Å². The van der Waals surface area contributed by atoms with Crippen LogP contribution in [0.25, 0.3) is 0 Å². The van der Waals surface area contributed by atoms with Gasteiger partial charge in [-0.05, 0) is 38.3 Å². The smallest absolute Gasteiger partial charge is 0.240 e. The maximum atomic E-state index is 13.3. The Morgan fingerprint density at radius 3 is 2.46 bits per heavy atom. The van der Waals surface area contributed by atoms with Crippen molar-refractivity contribution in [3.05, 3.63) is 29.8 Å². The lowest BCUT2D eigenvalue weighted by Gasteiger charge is -2.30.